The summed E-state index contributed by atoms with van der Waals surface area (Å²) in [7, 11) is 0. The first kappa shape index (κ1) is 15.9. The molecule has 0 aromatic carbocycles. The van der Waals surface area contributed by atoms with Gasteiger partial charge in [-0.05, 0) is 51.3 Å². The van der Waals surface area contributed by atoms with Crippen LogP contribution in [0.1, 0.15) is 62.0 Å². The van der Waals surface area contributed by atoms with Crippen LogP contribution in [0.15, 0.2) is 24.8 Å². The highest BCUT2D eigenvalue weighted by Gasteiger charge is 2.13. The van der Waals surface area contributed by atoms with Gasteiger partial charge >= 0.3 is 0 Å². The van der Waals surface area contributed by atoms with E-state index >= 15 is 0 Å². The van der Waals surface area contributed by atoms with Gasteiger partial charge in [0.1, 0.15) is 0 Å². The molecule has 0 radical (unpaired) electrons. The summed E-state index contributed by atoms with van der Waals surface area (Å²) in [5.74, 6) is 0. The van der Waals surface area contributed by atoms with Gasteiger partial charge < -0.3 is 5.32 Å². The van der Waals surface area contributed by atoms with Crippen molar-refractivity contribution in [1.29, 1.82) is 0 Å². The summed E-state index contributed by atoms with van der Waals surface area (Å²) >= 11 is 0. The molecule has 1 aromatic heterocycles. The molecule has 0 aliphatic rings. The average molecular weight is 260 g/mol. The van der Waals surface area contributed by atoms with Gasteiger partial charge in [0.15, 0.2) is 0 Å². The van der Waals surface area contributed by atoms with E-state index in [2.05, 4.69) is 42.9 Å². The number of hydrogen-bond acceptors (Lipinski definition) is 2. The van der Waals surface area contributed by atoms with E-state index in [1.165, 1.54) is 31.2 Å². The van der Waals surface area contributed by atoms with Gasteiger partial charge in [0.25, 0.3) is 0 Å². The van der Waals surface area contributed by atoms with Crippen LogP contribution in [-0.4, -0.2) is 11.5 Å². The summed E-state index contributed by atoms with van der Waals surface area (Å²) in [6.07, 6.45) is 8.14. The summed E-state index contributed by atoms with van der Waals surface area (Å²) in [6, 6.07) is 4.79. The van der Waals surface area contributed by atoms with Crippen molar-refractivity contribution >= 4 is 0 Å². The molecule has 106 valence electrons. The van der Waals surface area contributed by atoms with Crippen molar-refractivity contribution in [3.8, 4) is 0 Å². The number of allylic oxidation sites excluding steroid dienone is 1. The van der Waals surface area contributed by atoms with Crippen molar-refractivity contribution in [2.24, 2.45) is 0 Å². The van der Waals surface area contributed by atoms with E-state index in [0.29, 0.717) is 6.04 Å². The second-order valence-electron chi connectivity index (χ2n) is 5.16. The number of rotatable bonds is 9. The molecule has 0 saturated carbocycles. The Morgan fingerprint density at radius 3 is 2.68 bits per heavy atom. The molecule has 2 nitrogen and oxygen atoms in total. The molecule has 1 rings (SSSR count). The molecule has 0 spiro atoms. The summed E-state index contributed by atoms with van der Waals surface area (Å²) in [6.45, 7) is 11.1. The molecule has 19 heavy (non-hydrogen) atoms. The Kier molecular flexibility index (Phi) is 7.42. The lowest BCUT2D eigenvalue weighted by molar-refractivity contribution is 0.480. The second-order valence-corrected chi connectivity index (χ2v) is 5.16. The van der Waals surface area contributed by atoms with E-state index in [0.717, 1.165) is 24.4 Å². The van der Waals surface area contributed by atoms with Gasteiger partial charge in [-0.15, -0.1) is 6.58 Å². The maximum Gasteiger partial charge on any atom is 0.0423 e. The number of hydrogen-bond donors (Lipinski definition) is 1. The zero-order valence-electron chi connectivity index (χ0n) is 12.7. The monoisotopic (exact) mass is 260 g/mol. The lowest BCUT2D eigenvalue weighted by Gasteiger charge is -2.20. The predicted molar refractivity (Wildman–Crippen MR) is 83.4 cm³/mol. The van der Waals surface area contributed by atoms with Gasteiger partial charge in [-0.3, -0.25) is 4.98 Å². The van der Waals surface area contributed by atoms with Gasteiger partial charge in [0, 0.05) is 17.4 Å². The Morgan fingerprint density at radius 2 is 2.05 bits per heavy atom. The number of aryl methyl sites for hydroxylation is 2. The zero-order valence-corrected chi connectivity index (χ0v) is 12.7. The van der Waals surface area contributed by atoms with Crippen molar-refractivity contribution < 1.29 is 0 Å². The molecule has 1 heterocycles. The molecule has 0 amide bonds. The first-order valence-electron chi connectivity index (χ1n) is 7.47. The molecule has 2 heteroatoms. The highest BCUT2D eigenvalue weighted by atomic mass is 14.9. The second kappa shape index (κ2) is 8.87. The summed E-state index contributed by atoms with van der Waals surface area (Å²) in [4.78, 5) is 4.58. The first-order valence-corrected chi connectivity index (χ1v) is 7.47. The van der Waals surface area contributed by atoms with Gasteiger partial charge in [-0.1, -0.05) is 31.9 Å². The molecule has 0 bridgehead atoms. The Morgan fingerprint density at radius 1 is 1.26 bits per heavy atom. The van der Waals surface area contributed by atoms with Gasteiger partial charge in [-0.2, -0.15) is 0 Å². The van der Waals surface area contributed by atoms with Crippen LogP contribution in [0.3, 0.4) is 0 Å². The molecule has 0 fully saturated rings. The topological polar surface area (TPSA) is 24.9 Å². The fraction of sp³-hybridized carbons (Fsp3) is 0.588. The molecule has 1 unspecified atom stereocenters. The van der Waals surface area contributed by atoms with Crippen LogP contribution in [0.2, 0.25) is 0 Å². The van der Waals surface area contributed by atoms with Crippen molar-refractivity contribution in [2.75, 3.05) is 6.54 Å². The Labute approximate surface area is 118 Å². The minimum absolute atomic E-state index is 0.446. The van der Waals surface area contributed by atoms with Gasteiger partial charge in [-0.25, -0.2) is 0 Å². The smallest absolute Gasteiger partial charge is 0.0423 e. The van der Waals surface area contributed by atoms with E-state index in [4.69, 9.17) is 0 Å². The molecule has 0 aliphatic heterocycles. The molecular formula is C17H28N2. The number of pyridine rings is 1. The third-order valence-electron chi connectivity index (χ3n) is 3.49. The normalized spacial score (nSPS) is 12.4. The third-order valence-corrected chi connectivity index (χ3v) is 3.49. The molecule has 0 saturated heterocycles. The summed E-state index contributed by atoms with van der Waals surface area (Å²) < 4.78 is 0. The Hall–Kier alpha value is -1.15. The zero-order chi connectivity index (χ0) is 14.1. The number of nitrogens with zero attached hydrogens (tertiary/aromatic N) is 1. The Bertz CT molecular complexity index is 385. The highest BCUT2D eigenvalue weighted by Crippen LogP contribution is 2.22. The fourth-order valence-corrected chi connectivity index (χ4v) is 2.49. The third kappa shape index (κ3) is 5.56. The summed E-state index contributed by atoms with van der Waals surface area (Å²) in [5, 5.41) is 3.59. The van der Waals surface area contributed by atoms with E-state index in [1.54, 1.807) is 0 Å². The molecule has 1 aromatic rings. The van der Waals surface area contributed by atoms with Crippen LogP contribution in [0.5, 0.6) is 0 Å². The van der Waals surface area contributed by atoms with Crippen LogP contribution in [0.25, 0.3) is 0 Å². The predicted octanol–water partition coefficient (Wildman–Crippen LogP) is 4.49. The number of nitrogens with one attached hydrogen (secondary N) is 1. The van der Waals surface area contributed by atoms with E-state index < -0.39 is 0 Å². The van der Waals surface area contributed by atoms with E-state index in [-0.39, 0.29) is 0 Å². The van der Waals surface area contributed by atoms with Crippen LogP contribution in [0.4, 0.5) is 0 Å². The average Bonchev–Trinajstić information content (AvgIpc) is 2.38. The van der Waals surface area contributed by atoms with Crippen molar-refractivity contribution in [3.63, 3.8) is 0 Å². The lowest BCUT2D eigenvalue weighted by atomic mass is 9.98. The standard InChI is InChI=1S/C17H28N2/c1-5-7-8-9-10-11-17(18-6-2)16-13-12-14(3)19-15(16)4/h5,12-13,17-18H,1,6-11H2,2-4H3. The van der Waals surface area contributed by atoms with Crippen LogP contribution < -0.4 is 5.32 Å². The first-order chi connectivity index (χ1) is 9.19. The van der Waals surface area contributed by atoms with Gasteiger partial charge in [0.05, 0.1) is 0 Å². The lowest BCUT2D eigenvalue weighted by Crippen LogP contribution is -2.22. The van der Waals surface area contributed by atoms with E-state index in [1.807, 2.05) is 13.0 Å². The largest absolute Gasteiger partial charge is 0.310 e. The highest BCUT2D eigenvalue weighted by molar-refractivity contribution is 5.25. The Balaban J connectivity index is 2.58. The van der Waals surface area contributed by atoms with E-state index in [9.17, 15) is 0 Å². The van der Waals surface area contributed by atoms with Crippen molar-refractivity contribution in [3.05, 3.63) is 41.7 Å². The molecule has 1 N–H and O–H groups in total. The molecule has 1 atom stereocenters. The number of aromatic nitrogens is 1. The maximum atomic E-state index is 4.58. The maximum absolute atomic E-state index is 4.58. The minimum atomic E-state index is 0.446. The summed E-state index contributed by atoms with van der Waals surface area (Å²) in [5.41, 5.74) is 3.62. The van der Waals surface area contributed by atoms with Crippen LogP contribution in [0, 0.1) is 13.8 Å². The number of unbranched alkanes of at least 4 members (excludes halogenated alkanes) is 3. The van der Waals surface area contributed by atoms with Crippen LogP contribution in [-0.2, 0) is 0 Å². The fourth-order valence-electron chi connectivity index (χ4n) is 2.49. The SMILES string of the molecule is C=CCCCCCC(NCC)c1ccc(C)nc1C. The molecule has 0 aliphatic carbocycles. The van der Waals surface area contributed by atoms with Crippen LogP contribution >= 0.6 is 0 Å². The van der Waals surface area contributed by atoms with Gasteiger partial charge in [0.2, 0.25) is 0 Å². The van der Waals surface area contributed by atoms with Crippen molar-refractivity contribution in [2.45, 2.75) is 58.9 Å². The van der Waals surface area contributed by atoms with Crippen molar-refractivity contribution in [1.82, 2.24) is 10.3 Å². The minimum Gasteiger partial charge on any atom is -0.310 e. The quantitative estimate of drug-likeness (QED) is 0.523. The molecular weight excluding hydrogens is 232 g/mol.